The first-order chi connectivity index (χ1) is 17.8. The van der Waals surface area contributed by atoms with Crippen molar-refractivity contribution in [3.8, 4) is 16.2 Å². The molecule has 1 aromatic heterocycles. The third-order valence-corrected chi connectivity index (χ3v) is 7.50. The number of ether oxygens (including phenoxy) is 1. The Bertz CT molecular complexity index is 1270. The number of piperidine rings is 1. The molecular weight excluding hydrogens is 494 g/mol. The van der Waals surface area contributed by atoms with E-state index in [1.54, 1.807) is 6.92 Å². The molecule has 9 nitrogen and oxygen atoms in total. The highest BCUT2D eigenvalue weighted by atomic mass is 32.1. The lowest BCUT2D eigenvalue weighted by Gasteiger charge is -2.33. The minimum atomic E-state index is -1.17. The molecule has 0 bridgehead atoms. The van der Waals surface area contributed by atoms with E-state index >= 15 is 0 Å². The fraction of sp³-hybridized carbons (Fsp3) is 0.296. The molecule has 0 unspecified atom stereocenters. The van der Waals surface area contributed by atoms with Gasteiger partial charge in [-0.05, 0) is 43.0 Å². The maximum Gasteiger partial charge on any atom is 0.349 e. The summed E-state index contributed by atoms with van der Waals surface area (Å²) in [6.45, 7) is 2.91. The number of urea groups is 1. The molecule has 1 fully saturated rings. The first-order valence-corrected chi connectivity index (χ1v) is 12.8. The summed E-state index contributed by atoms with van der Waals surface area (Å²) < 4.78 is 5.29. The number of aromatic carboxylic acids is 1. The molecule has 4 N–H and O–H groups in total. The predicted molar refractivity (Wildman–Crippen MR) is 141 cm³/mol. The Hall–Kier alpha value is -4.05. The van der Waals surface area contributed by atoms with Crippen molar-refractivity contribution in [1.29, 1.82) is 0 Å². The van der Waals surface area contributed by atoms with Gasteiger partial charge in [-0.2, -0.15) is 0 Å². The monoisotopic (exact) mass is 523 g/mol. The smallest absolute Gasteiger partial charge is 0.349 e. The SMILES string of the molecule is Cc1c(-c2cccc(NC3CCN(C(=O)NCc4ccccc4)CC3)c2)sc(C(=O)O)c1OCC(=O)O. The average molecular weight is 524 g/mol. The first kappa shape index (κ1) is 26.0. The number of nitrogens with zero attached hydrogens (tertiary/aromatic N) is 1. The van der Waals surface area contributed by atoms with Gasteiger partial charge in [-0.15, -0.1) is 11.3 Å². The zero-order valence-corrected chi connectivity index (χ0v) is 21.2. The van der Waals surface area contributed by atoms with Gasteiger partial charge in [0.15, 0.2) is 11.5 Å². The molecule has 194 valence electrons. The molecule has 1 aliphatic rings. The van der Waals surface area contributed by atoms with E-state index in [0.717, 1.165) is 41.0 Å². The number of hydrogen-bond acceptors (Lipinski definition) is 6. The van der Waals surface area contributed by atoms with Gasteiger partial charge in [-0.3, -0.25) is 0 Å². The second kappa shape index (κ2) is 11.8. The molecule has 0 saturated carbocycles. The fourth-order valence-corrected chi connectivity index (χ4v) is 5.41. The van der Waals surface area contributed by atoms with Crippen molar-refractivity contribution < 1.29 is 29.3 Å². The van der Waals surface area contributed by atoms with Crippen LogP contribution in [-0.2, 0) is 11.3 Å². The van der Waals surface area contributed by atoms with Crippen molar-refractivity contribution in [3.63, 3.8) is 0 Å². The molecule has 0 radical (unpaired) electrons. The van der Waals surface area contributed by atoms with Crippen LogP contribution in [-0.4, -0.2) is 58.8 Å². The van der Waals surface area contributed by atoms with Crippen LogP contribution in [0.15, 0.2) is 54.6 Å². The van der Waals surface area contributed by atoms with Gasteiger partial charge in [0.2, 0.25) is 0 Å². The van der Waals surface area contributed by atoms with Gasteiger partial charge >= 0.3 is 18.0 Å². The van der Waals surface area contributed by atoms with Gasteiger partial charge in [0.1, 0.15) is 5.75 Å². The number of amides is 2. The third-order valence-electron chi connectivity index (χ3n) is 6.19. The second-order valence-electron chi connectivity index (χ2n) is 8.83. The number of aliphatic carboxylic acids is 1. The molecule has 1 saturated heterocycles. The zero-order chi connectivity index (χ0) is 26.4. The van der Waals surface area contributed by atoms with Gasteiger partial charge < -0.3 is 30.5 Å². The van der Waals surface area contributed by atoms with Gasteiger partial charge in [0.05, 0.1) is 0 Å². The lowest BCUT2D eigenvalue weighted by atomic mass is 10.0. The maximum absolute atomic E-state index is 12.5. The topological polar surface area (TPSA) is 128 Å². The van der Waals surface area contributed by atoms with Crippen molar-refractivity contribution in [2.24, 2.45) is 0 Å². The lowest BCUT2D eigenvalue weighted by molar-refractivity contribution is -0.139. The summed E-state index contributed by atoms with van der Waals surface area (Å²) in [5, 5.41) is 25.0. The number of carboxylic acids is 2. The number of nitrogens with one attached hydrogen (secondary N) is 2. The van der Waals surface area contributed by atoms with E-state index in [9.17, 15) is 19.5 Å². The van der Waals surface area contributed by atoms with Crippen molar-refractivity contribution in [2.45, 2.75) is 32.4 Å². The summed E-state index contributed by atoms with van der Waals surface area (Å²) in [5.41, 5.74) is 3.36. The molecule has 37 heavy (non-hydrogen) atoms. The van der Waals surface area contributed by atoms with E-state index in [0.29, 0.717) is 30.1 Å². The number of rotatable bonds is 9. The van der Waals surface area contributed by atoms with Gasteiger partial charge in [-0.1, -0.05) is 42.5 Å². The summed E-state index contributed by atoms with van der Waals surface area (Å²) in [5.74, 6) is -2.24. The molecule has 0 atom stereocenters. The lowest BCUT2D eigenvalue weighted by Crippen LogP contribution is -2.46. The highest BCUT2D eigenvalue weighted by molar-refractivity contribution is 7.18. The Labute approximate surface area is 218 Å². The second-order valence-corrected chi connectivity index (χ2v) is 9.85. The molecule has 3 aromatic rings. The maximum atomic E-state index is 12.5. The van der Waals surface area contributed by atoms with Crippen LogP contribution < -0.4 is 15.4 Å². The van der Waals surface area contributed by atoms with E-state index in [-0.39, 0.29) is 22.7 Å². The predicted octanol–water partition coefficient (Wildman–Crippen LogP) is 4.67. The molecule has 2 amide bonds. The number of carbonyl (C=O) groups is 3. The van der Waals surface area contributed by atoms with E-state index in [4.69, 9.17) is 9.84 Å². The summed E-state index contributed by atoms with van der Waals surface area (Å²) in [7, 11) is 0. The molecular formula is C27H29N3O6S. The van der Waals surface area contributed by atoms with E-state index < -0.39 is 18.5 Å². The van der Waals surface area contributed by atoms with E-state index in [2.05, 4.69) is 10.6 Å². The molecule has 4 rings (SSSR count). The normalized spacial score (nSPS) is 13.7. The highest BCUT2D eigenvalue weighted by Crippen LogP contribution is 2.42. The van der Waals surface area contributed by atoms with E-state index in [1.165, 1.54) is 0 Å². The van der Waals surface area contributed by atoms with Crippen molar-refractivity contribution >= 4 is 35.0 Å². The number of likely N-dealkylation sites (tertiary alicyclic amines) is 1. The number of carbonyl (C=O) groups excluding carboxylic acids is 1. The Kier molecular flexibility index (Phi) is 8.29. The molecule has 0 aliphatic carbocycles. The first-order valence-electron chi connectivity index (χ1n) is 12.0. The minimum Gasteiger partial charge on any atom is -0.480 e. The van der Waals surface area contributed by atoms with Crippen LogP contribution in [0.5, 0.6) is 5.75 Å². The fourth-order valence-electron chi connectivity index (χ4n) is 4.32. The number of carboxylic acid groups (broad SMARTS) is 2. The van der Waals surface area contributed by atoms with Crippen LogP contribution in [0.4, 0.5) is 10.5 Å². The van der Waals surface area contributed by atoms with Crippen molar-refractivity contribution in [2.75, 3.05) is 25.0 Å². The van der Waals surface area contributed by atoms with Crippen LogP contribution >= 0.6 is 11.3 Å². The van der Waals surface area contributed by atoms with Gasteiger partial charge in [-0.25, -0.2) is 14.4 Å². The average Bonchev–Trinajstić information content (AvgIpc) is 3.23. The van der Waals surface area contributed by atoms with Gasteiger partial charge in [0, 0.05) is 41.8 Å². The quantitative estimate of drug-likeness (QED) is 0.321. The van der Waals surface area contributed by atoms with E-state index in [1.807, 2.05) is 59.5 Å². The molecule has 10 heteroatoms. The molecule has 2 aromatic carbocycles. The third kappa shape index (κ3) is 6.59. The van der Waals surface area contributed by atoms with Crippen molar-refractivity contribution in [3.05, 3.63) is 70.6 Å². The molecule has 1 aliphatic heterocycles. The number of anilines is 1. The Morgan fingerprint density at radius 2 is 1.78 bits per heavy atom. The van der Waals surface area contributed by atoms with Crippen molar-refractivity contribution in [1.82, 2.24) is 10.2 Å². The number of benzene rings is 2. The van der Waals surface area contributed by atoms with Crippen LogP contribution in [0.1, 0.15) is 33.6 Å². The highest BCUT2D eigenvalue weighted by Gasteiger charge is 2.25. The number of hydrogen-bond donors (Lipinski definition) is 4. The van der Waals surface area contributed by atoms with Crippen LogP contribution in [0.25, 0.3) is 10.4 Å². The Morgan fingerprint density at radius 3 is 2.46 bits per heavy atom. The summed E-state index contributed by atoms with van der Waals surface area (Å²) in [6, 6.07) is 17.6. The Balaban J connectivity index is 1.37. The van der Waals surface area contributed by atoms with Crippen LogP contribution in [0, 0.1) is 6.92 Å². The van der Waals surface area contributed by atoms with Crippen LogP contribution in [0.2, 0.25) is 0 Å². The Morgan fingerprint density at radius 1 is 1.05 bits per heavy atom. The van der Waals surface area contributed by atoms with Crippen LogP contribution in [0.3, 0.4) is 0 Å². The standard InChI is InChI=1S/C27H29N3O6S/c1-17-23(36-16-22(31)32)25(26(33)34)37-24(17)19-8-5-9-21(14-19)29-20-10-12-30(13-11-20)27(35)28-15-18-6-3-2-4-7-18/h2-9,14,20,29H,10-13,15-16H2,1H3,(H,28,35)(H,31,32)(H,33,34). The molecule has 0 spiro atoms. The largest absolute Gasteiger partial charge is 0.480 e. The van der Waals surface area contributed by atoms with Gasteiger partial charge in [0.25, 0.3) is 0 Å². The summed E-state index contributed by atoms with van der Waals surface area (Å²) in [6.07, 6.45) is 1.61. The minimum absolute atomic E-state index is 0.0231. The summed E-state index contributed by atoms with van der Waals surface area (Å²) in [4.78, 5) is 37.7. The molecule has 2 heterocycles. The number of thiophene rings is 1. The summed E-state index contributed by atoms with van der Waals surface area (Å²) >= 11 is 1.06. The zero-order valence-electron chi connectivity index (χ0n) is 20.4.